The molecule has 4 fully saturated rings. The third-order valence-electron chi connectivity index (χ3n) is 9.12. The van der Waals surface area contributed by atoms with Gasteiger partial charge in [-0.2, -0.15) is 0 Å². The van der Waals surface area contributed by atoms with Gasteiger partial charge in [0.25, 0.3) is 0 Å². The summed E-state index contributed by atoms with van der Waals surface area (Å²) >= 11 is 0. The predicted octanol–water partition coefficient (Wildman–Crippen LogP) is 1.71. The number of halogens is 2. The summed E-state index contributed by atoms with van der Waals surface area (Å²) in [6, 6.07) is 0. The highest BCUT2D eigenvalue weighted by Gasteiger charge is 2.79. The van der Waals surface area contributed by atoms with Gasteiger partial charge in [-0.15, -0.1) is 0 Å². The summed E-state index contributed by atoms with van der Waals surface area (Å²) in [5.74, 6) is -2.93. The minimum absolute atomic E-state index is 0.00655. The molecule has 1 heterocycles. The van der Waals surface area contributed by atoms with Gasteiger partial charge in [0.15, 0.2) is 22.8 Å². The zero-order valence-corrected chi connectivity index (χ0v) is 19.5. The summed E-state index contributed by atoms with van der Waals surface area (Å²) in [6.07, 6.45) is -0.958. The Labute approximate surface area is 194 Å². The van der Waals surface area contributed by atoms with Gasteiger partial charge in [0.05, 0.1) is 12.2 Å². The van der Waals surface area contributed by atoms with Crippen molar-refractivity contribution in [3.63, 3.8) is 0 Å². The molecule has 0 aromatic carbocycles. The number of Topliss-reactive ketones (excluding diaryl/α,β-unsaturated/α-hetero) is 1. The predicted molar refractivity (Wildman–Crippen MR) is 111 cm³/mol. The van der Waals surface area contributed by atoms with Crippen molar-refractivity contribution in [3.8, 4) is 0 Å². The number of ether oxygens (including phenoxy) is 2. The average Bonchev–Trinajstić information content (AvgIpc) is 3.27. The van der Waals surface area contributed by atoms with Crippen LogP contribution in [0.3, 0.4) is 0 Å². The molecule has 0 amide bonds. The van der Waals surface area contributed by atoms with Crippen LogP contribution in [0.2, 0.25) is 0 Å². The number of rotatable bonds is 4. The number of allylic oxidation sites excluding steroid dienone is 4. The fourth-order valence-electron chi connectivity index (χ4n) is 7.66. The van der Waals surface area contributed by atoms with E-state index in [4.69, 9.17) is 19.3 Å². The number of phosphoric ester groups is 1. The minimum atomic E-state index is -4.96. The molecular weight excluding hydrogens is 477 g/mol. The summed E-state index contributed by atoms with van der Waals surface area (Å²) in [4.78, 5) is 43.3. The highest BCUT2D eigenvalue weighted by molar-refractivity contribution is 7.46. The van der Waals surface area contributed by atoms with Gasteiger partial charge in [0.2, 0.25) is 0 Å². The molecule has 5 rings (SSSR count). The number of carbonyl (C=O) groups is 2. The molecule has 9 nitrogen and oxygen atoms in total. The van der Waals surface area contributed by atoms with Crippen molar-refractivity contribution in [2.24, 2.45) is 22.7 Å². The van der Waals surface area contributed by atoms with Crippen molar-refractivity contribution in [1.29, 1.82) is 0 Å². The maximum atomic E-state index is 17.1. The molecule has 3 N–H and O–H groups in total. The first-order valence-corrected chi connectivity index (χ1v) is 12.7. The first-order chi connectivity index (χ1) is 15.7. The number of phosphoric acid groups is 1. The van der Waals surface area contributed by atoms with Crippen LogP contribution in [-0.4, -0.2) is 69.5 Å². The molecule has 34 heavy (non-hydrogen) atoms. The fraction of sp³-hybridized carbons (Fsp3) is 0.727. The average molecular weight is 504 g/mol. The third kappa shape index (κ3) is 2.89. The number of carbonyl (C=O) groups excluding carboxylic acids is 2. The second kappa shape index (κ2) is 7.35. The Bertz CT molecular complexity index is 1060. The first-order valence-electron chi connectivity index (χ1n) is 11.2. The first kappa shape index (κ1) is 24.4. The Morgan fingerprint density at radius 1 is 1.29 bits per heavy atom. The quantitative estimate of drug-likeness (QED) is 0.488. The third-order valence-corrected chi connectivity index (χ3v) is 9.59. The van der Waals surface area contributed by atoms with Gasteiger partial charge in [-0.1, -0.05) is 13.0 Å². The molecule has 5 aliphatic rings. The number of hydrogen-bond donors (Lipinski definition) is 3. The van der Waals surface area contributed by atoms with E-state index in [1.807, 2.05) is 0 Å². The van der Waals surface area contributed by atoms with E-state index >= 15 is 8.78 Å². The lowest BCUT2D eigenvalue weighted by atomic mass is 9.44. The molecule has 188 valence electrons. The number of hydrogen-bond acceptors (Lipinski definition) is 7. The van der Waals surface area contributed by atoms with E-state index in [-0.39, 0.29) is 31.6 Å². The smallest absolute Gasteiger partial charge is 0.390 e. The number of fused-ring (bicyclic) bond motifs is 7. The normalized spacial score (nSPS) is 49.7. The molecule has 7 unspecified atom stereocenters. The SMILES string of the molecule is CC12CC(O)[C@@]3(F)C(C[C@H](F)C4=CC(=O)C=CC43C)C1CC1OCOC12C(=O)COP(=O)(O)O. The van der Waals surface area contributed by atoms with Crippen LogP contribution >= 0.6 is 7.82 Å². The Hall–Kier alpha value is -1.33. The number of aliphatic hydroxyl groups excluding tert-OH is 1. The van der Waals surface area contributed by atoms with Gasteiger partial charge >= 0.3 is 7.82 Å². The number of aliphatic hydroxyl groups is 1. The van der Waals surface area contributed by atoms with Gasteiger partial charge in [0, 0.05) is 16.7 Å². The Balaban J connectivity index is 1.58. The topological polar surface area (TPSA) is 140 Å². The Morgan fingerprint density at radius 3 is 2.68 bits per heavy atom. The van der Waals surface area contributed by atoms with E-state index in [0.717, 1.165) is 6.08 Å². The zero-order chi connectivity index (χ0) is 24.9. The molecule has 9 atom stereocenters. The standard InChI is InChI=1S/C22H27F2O9P/c1-19-4-3-11(25)5-14(19)15(23)6-13-12-7-18-22(32-10-31-18,17(27)9-33-34(28,29)30)20(12,2)8-16(26)21(13,19)24/h3-5,12-13,15-16,18,26H,6-10H2,1-2H3,(H2,28,29,30)/t12?,13?,15-,16?,18?,19?,20?,21-,22?/m0/s1. The van der Waals surface area contributed by atoms with E-state index in [1.165, 1.54) is 19.1 Å². The molecule has 1 aliphatic heterocycles. The largest absolute Gasteiger partial charge is 0.470 e. The molecule has 0 spiro atoms. The molecule has 0 aromatic rings. The van der Waals surface area contributed by atoms with Crippen molar-refractivity contribution in [1.82, 2.24) is 0 Å². The summed E-state index contributed by atoms with van der Waals surface area (Å²) in [6.45, 7) is 1.89. The van der Waals surface area contributed by atoms with Crippen LogP contribution in [0.15, 0.2) is 23.8 Å². The molecule has 12 heteroatoms. The summed E-state index contributed by atoms with van der Waals surface area (Å²) in [5.41, 5.74) is -6.86. The summed E-state index contributed by atoms with van der Waals surface area (Å²) in [5, 5.41) is 11.3. The Morgan fingerprint density at radius 2 is 2.00 bits per heavy atom. The fourth-order valence-corrected chi connectivity index (χ4v) is 7.95. The molecule has 0 aromatic heterocycles. The number of ketones is 2. The van der Waals surface area contributed by atoms with Gasteiger partial charge in [-0.3, -0.25) is 14.1 Å². The van der Waals surface area contributed by atoms with Crippen LogP contribution in [0.4, 0.5) is 8.78 Å². The van der Waals surface area contributed by atoms with Crippen molar-refractivity contribution in [2.45, 2.75) is 62.8 Å². The lowest BCUT2D eigenvalue weighted by molar-refractivity contribution is -0.226. The van der Waals surface area contributed by atoms with Crippen molar-refractivity contribution < 1.29 is 51.8 Å². The van der Waals surface area contributed by atoms with Gasteiger partial charge in [-0.05, 0) is 49.8 Å². The maximum Gasteiger partial charge on any atom is 0.470 e. The Kier molecular flexibility index (Phi) is 5.27. The monoisotopic (exact) mass is 504 g/mol. The second-order valence-electron chi connectivity index (χ2n) is 10.4. The minimum Gasteiger partial charge on any atom is -0.390 e. The second-order valence-corrected chi connectivity index (χ2v) is 11.7. The lowest BCUT2D eigenvalue weighted by Crippen LogP contribution is -2.70. The molecule has 4 aliphatic carbocycles. The van der Waals surface area contributed by atoms with E-state index in [2.05, 4.69) is 4.52 Å². The van der Waals surface area contributed by atoms with Crippen molar-refractivity contribution in [2.75, 3.05) is 13.4 Å². The molecule has 1 saturated heterocycles. The highest BCUT2D eigenvalue weighted by atomic mass is 31.2. The summed E-state index contributed by atoms with van der Waals surface area (Å²) in [7, 11) is -4.96. The van der Waals surface area contributed by atoms with Gasteiger partial charge in [0.1, 0.15) is 19.6 Å². The van der Waals surface area contributed by atoms with Crippen LogP contribution in [0.1, 0.15) is 33.1 Å². The van der Waals surface area contributed by atoms with Crippen molar-refractivity contribution in [3.05, 3.63) is 23.8 Å². The van der Waals surface area contributed by atoms with E-state index in [1.54, 1.807) is 6.92 Å². The molecule has 0 radical (unpaired) electrons. The highest BCUT2D eigenvalue weighted by Crippen LogP contribution is 2.71. The van der Waals surface area contributed by atoms with Crippen LogP contribution < -0.4 is 0 Å². The van der Waals surface area contributed by atoms with Gasteiger partial charge in [-0.25, -0.2) is 13.3 Å². The van der Waals surface area contributed by atoms with Gasteiger partial charge < -0.3 is 24.4 Å². The van der Waals surface area contributed by atoms with Crippen LogP contribution in [-0.2, 0) is 28.2 Å². The van der Waals surface area contributed by atoms with E-state index < -0.39 is 78.3 Å². The molecule has 0 bridgehead atoms. The van der Waals surface area contributed by atoms with E-state index in [9.17, 15) is 19.3 Å². The van der Waals surface area contributed by atoms with Crippen molar-refractivity contribution >= 4 is 19.4 Å². The lowest BCUT2D eigenvalue weighted by Gasteiger charge is -2.63. The zero-order valence-electron chi connectivity index (χ0n) is 18.6. The molecular formula is C22H27F2O9P. The summed E-state index contributed by atoms with van der Waals surface area (Å²) < 4.78 is 59.7. The van der Waals surface area contributed by atoms with Crippen LogP contribution in [0.5, 0.6) is 0 Å². The van der Waals surface area contributed by atoms with E-state index in [0.29, 0.717) is 0 Å². The van der Waals surface area contributed by atoms with Crippen LogP contribution in [0, 0.1) is 22.7 Å². The van der Waals surface area contributed by atoms with Crippen LogP contribution in [0.25, 0.3) is 0 Å². The number of alkyl halides is 2. The molecule has 3 saturated carbocycles. The maximum absolute atomic E-state index is 17.1.